The molecular formula is C15H27NO3. The van der Waals surface area contributed by atoms with Crippen LogP contribution in [0.5, 0.6) is 0 Å². The van der Waals surface area contributed by atoms with Crippen molar-refractivity contribution in [3.05, 3.63) is 0 Å². The molecule has 19 heavy (non-hydrogen) atoms. The van der Waals surface area contributed by atoms with Crippen molar-refractivity contribution < 1.29 is 14.6 Å². The highest BCUT2D eigenvalue weighted by Gasteiger charge is 2.66. The van der Waals surface area contributed by atoms with E-state index >= 15 is 0 Å². The van der Waals surface area contributed by atoms with Gasteiger partial charge in [0.15, 0.2) is 0 Å². The lowest BCUT2D eigenvalue weighted by Gasteiger charge is -2.39. The maximum Gasteiger partial charge on any atom is 0.407 e. The third kappa shape index (κ3) is 2.14. The Morgan fingerprint density at radius 2 is 1.89 bits per heavy atom. The Balaban J connectivity index is 2.12. The molecule has 0 saturated heterocycles. The van der Waals surface area contributed by atoms with Gasteiger partial charge in [-0.1, -0.05) is 20.8 Å². The largest absolute Gasteiger partial charge is 0.444 e. The third-order valence-electron chi connectivity index (χ3n) is 5.49. The Morgan fingerprint density at radius 1 is 1.32 bits per heavy atom. The van der Waals surface area contributed by atoms with Crippen molar-refractivity contribution in [3.8, 4) is 0 Å². The molecule has 110 valence electrons. The number of alkyl carbamates (subject to hydrolysis) is 1. The Kier molecular flexibility index (Phi) is 3.17. The Morgan fingerprint density at radius 3 is 2.32 bits per heavy atom. The van der Waals surface area contributed by atoms with Crippen LogP contribution in [0, 0.1) is 16.7 Å². The summed E-state index contributed by atoms with van der Waals surface area (Å²) in [5.74, 6) is 0.262. The summed E-state index contributed by atoms with van der Waals surface area (Å²) in [6.45, 7) is 12.1. The molecule has 0 aliphatic heterocycles. The number of aliphatic hydroxyl groups excluding tert-OH is 1. The second kappa shape index (κ2) is 4.11. The van der Waals surface area contributed by atoms with Crippen LogP contribution in [-0.2, 0) is 4.74 Å². The van der Waals surface area contributed by atoms with Gasteiger partial charge in [-0.25, -0.2) is 4.79 Å². The topological polar surface area (TPSA) is 58.6 Å². The van der Waals surface area contributed by atoms with E-state index in [0.717, 1.165) is 12.8 Å². The summed E-state index contributed by atoms with van der Waals surface area (Å²) in [6.07, 6.45) is 1.18. The number of rotatable bonds is 1. The van der Waals surface area contributed by atoms with Crippen LogP contribution in [0.2, 0.25) is 0 Å². The average Bonchev–Trinajstić information content (AvgIpc) is 2.49. The highest BCUT2D eigenvalue weighted by atomic mass is 16.6. The summed E-state index contributed by atoms with van der Waals surface area (Å²) in [6, 6.07) is -0.212. The van der Waals surface area contributed by atoms with E-state index in [2.05, 4.69) is 26.1 Å². The number of hydrogen-bond acceptors (Lipinski definition) is 3. The zero-order chi connectivity index (χ0) is 14.6. The minimum absolute atomic E-state index is 0.0477. The van der Waals surface area contributed by atoms with E-state index in [9.17, 15) is 9.90 Å². The zero-order valence-electron chi connectivity index (χ0n) is 12.9. The van der Waals surface area contributed by atoms with E-state index in [0.29, 0.717) is 0 Å². The molecule has 2 rings (SSSR count). The summed E-state index contributed by atoms with van der Waals surface area (Å²) in [4.78, 5) is 11.9. The van der Waals surface area contributed by atoms with Crippen LogP contribution >= 0.6 is 0 Å². The first-order chi connectivity index (χ1) is 8.49. The van der Waals surface area contributed by atoms with Crippen molar-refractivity contribution >= 4 is 6.09 Å². The van der Waals surface area contributed by atoms with Crippen molar-refractivity contribution in [1.29, 1.82) is 0 Å². The van der Waals surface area contributed by atoms with Gasteiger partial charge in [0.05, 0.1) is 12.1 Å². The second-order valence-corrected chi connectivity index (χ2v) is 7.90. The maximum atomic E-state index is 11.9. The van der Waals surface area contributed by atoms with Crippen molar-refractivity contribution in [2.24, 2.45) is 16.7 Å². The fourth-order valence-corrected chi connectivity index (χ4v) is 4.00. The first-order valence-electron chi connectivity index (χ1n) is 7.17. The Hall–Kier alpha value is -0.770. The molecule has 2 N–H and O–H groups in total. The predicted molar refractivity (Wildman–Crippen MR) is 73.8 cm³/mol. The maximum absolute atomic E-state index is 11.9. The predicted octanol–water partition coefficient (Wildman–Crippen LogP) is 2.70. The van der Waals surface area contributed by atoms with Gasteiger partial charge >= 0.3 is 6.09 Å². The summed E-state index contributed by atoms with van der Waals surface area (Å²) in [5, 5.41) is 13.4. The summed E-state index contributed by atoms with van der Waals surface area (Å²) in [5.41, 5.74) is -0.525. The minimum Gasteiger partial charge on any atom is -0.444 e. The van der Waals surface area contributed by atoms with Gasteiger partial charge in [0.25, 0.3) is 0 Å². The van der Waals surface area contributed by atoms with E-state index in [1.807, 2.05) is 20.8 Å². The lowest BCUT2D eigenvalue weighted by atomic mass is 9.69. The molecule has 2 aliphatic rings. The number of carbonyl (C=O) groups is 1. The standard InChI is InChI=1S/C15H27NO3/c1-13(2,3)19-12(18)16-11-10(17)9-7-8-15(11,6)14(9,4)5/h9-11,17H,7-8H2,1-6H3,(H,16,18)/t9-,10-,11-,15+/m1/s1. The zero-order valence-corrected chi connectivity index (χ0v) is 12.9. The van der Waals surface area contributed by atoms with E-state index in [-0.39, 0.29) is 22.8 Å². The molecule has 2 fully saturated rings. The molecule has 0 radical (unpaired) electrons. The molecule has 4 heteroatoms. The van der Waals surface area contributed by atoms with Crippen LogP contribution in [0.4, 0.5) is 4.79 Å². The third-order valence-corrected chi connectivity index (χ3v) is 5.49. The molecule has 1 amide bonds. The summed E-state index contributed by atoms with van der Waals surface area (Å²) in [7, 11) is 0. The SMILES string of the molecule is CC(C)(C)OC(=O)N[C@@H]1[C@H](O)[C@H]2CC[C@]1(C)C2(C)C. The van der Waals surface area contributed by atoms with Crippen molar-refractivity contribution in [2.75, 3.05) is 0 Å². The smallest absolute Gasteiger partial charge is 0.407 e. The average molecular weight is 269 g/mol. The lowest BCUT2D eigenvalue weighted by molar-refractivity contribution is 0.0237. The van der Waals surface area contributed by atoms with Crippen LogP contribution in [0.15, 0.2) is 0 Å². The van der Waals surface area contributed by atoms with Crippen molar-refractivity contribution in [2.45, 2.75) is 72.1 Å². The monoisotopic (exact) mass is 269 g/mol. The molecule has 2 bridgehead atoms. The highest BCUT2D eigenvalue weighted by Crippen LogP contribution is 2.65. The molecule has 0 aromatic carbocycles. The molecule has 2 aliphatic carbocycles. The molecule has 4 nitrogen and oxygen atoms in total. The van der Waals surface area contributed by atoms with E-state index in [1.165, 1.54) is 0 Å². The molecule has 0 heterocycles. The van der Waals surface area contributed by atoms with Gasteiger partial charge in [-0.15, -0.1) is 0 Å². The minimum atomic E-state index is -0.511. The van der Waals surface area contributed by atoms with Crippen molar-refractivity contribution in [1.82, 2.24) is 5.32 Å². The molecule has 0 unspecified atom stereocenters. The van der Waals surface area contributed by atoms with Crippen LogP contribution in [0.3, 0.4) is 0 Å². The number of fused-ring (bicyclic) bond motifs is 2. The van der Waals surface area contributed by atoms with Crippen molar-refractivity contribution in [3.63, 3.8) is 0 Å². The van der Waals surface area contributed by atoms with Crippen LogP contribution in [-0.4, -0.2) is 28.9 Å². The van der Waals surface area contributed by atoms with Gasteiger partial charge < -0.3 is 15.2 Å². The van der Waals surface area contributed by atoms with E-state index in [4.69, 9.17) is 4.74 Å². The quantitative estimate of drug-likeness (QED) is 0.769. The number of aliphatic hydroxyl groups is 1. The lowest BCUT2D eigenvalue weighted by Crippen LogP contribution is -2.53. The molecule has 0 aromatic rings. The first-order valence-corrected chi connectivity index (χ1v) is 7.17. The van der Waals surface area contributed by atoms with Crippen LogP contribution in [0.25, 0.3) is 0 Å². The molecular weight excluding hydrogens is 242 g/mol. The van der Waals surface area contributed by atoms with Gasteiger partial charge in [0.2, 0.25) is 0 Å². The fraction of sp³-hybridized carbons (Fsp3) is 0.933. The van der Waals surface area contributed by atoms with Gasteiger partial charge in [-0.3, -0.25) is 0 Å². The Labute approximate surface area is 115 Å². The Bertz CT molecular complexity index is 385. The fourth-order valence-electron chi connectivity index (χ4n) is 4.00. The molecule has 4 atom stereocenters. The summed E-state index contributed by atoms with van der Waals surface area (Å²) < 4.78 is 5.31. The van der Waals surface area contributed by atoms with Gasteiger partial charge in [0, 0.05) is 0 Å². The van der Waals surface area contributed by atoms with Gasteiger partial charge in [-0.2, -0.15) is 0 Å². The number of carbonyl (C=O) groups excluding carboxylic acids is 1. The van der Waals surface area contributed by atoms with Crippen LogP contribution < -0.4 is 5.32 Å². The first kappa shape index (κ1) is 14.6. The number of nitrogens with one attached hydrogen (secondary N) is 1. The van der Waals surface area contributed by atoms with Crippen LogP contribution in [0.1, 0.15) is 54.4 Å². The van der Waals surface area contributed by atoms with E-state index in [1.54, 1.807) is 0 Å². The normalized spacial score (nSPS) is 40.3. The molecule has 0 aromatic heterocycles. The number of ether oxygens (including phenoxy) is 1. The molecule has 2 saturated carbocycles. The molecule has 0 spiro atoms. The number of hydrogen-bond donors (Lipinski definition) is 2. The van der Waals surface area contributed by atoms with E-state index < -0.39 is 17.8 Å². The van der Waals surface area contributed by atoms with Gasteiger partial charge in [-0.05, 0) is 50.4 Å². The second-order valence-electron chi connectivity index (χ2n) is 7.90. The number of amides is 1. The summed E-state index contributed by atoms with van der Waals surface area (Å²) >= 11 is 0. The highest BCUT2D eigenvalue weighted by molar-refractivity contribution is 5.68. The van der Waals surface area contributed by atoms with Gasteiger partial charge in [0.1, 0.15) is 5.60 Å².